The third-order valence-electron chi connectivity index (χ3n) is 3.96. The van der Waals surface area contributed by atoms with Gasteiger partial charge < -0.3 is 0 Å². The summed E-state index contributed by atoms with van der Waals surface area (Å²) in [4.78, 5) is 4.41. The molecule has 0 N–H and O–H groups in total. The Morgan fingerprint density at radius 2 is 1.85 bits per heavy atom. The van der Waals surface area contributed by atoms with Gasteiger partial charge in [-0.25, -0.2) is 4.98 Å². The number of aryl methyl sites for hydroxylation is 2. The summed E-state index contributed by atoms with van der Waals surface area (Å²) in [5.74, 6) is 0.919. The summed E-state index contributed by atoms with van der Waals surface area (Å²) < 4.78 is 42.4. The highest BCUT2D eigenvalue weighted by atomic mass is 19.4. The molecule has 0 fully saturated rings. The van der Waals surface area contributed by atoms with Crippen LogP contribution in [0.25, 0.3) is 28.2 Å². The Labute approximate surface area is 145 Å². The molecule has 3 aromatic heterocycles. The molecular formula is C17H13F3N6. The minimum Gasteiger partial charge on any atom is -0.275 e. The molecule has 0 aliphatic carbocycles. The van der Waals surface area contributed by atoms with Crippen LogP contribution in [0.3, 0.4) is 0 Å². The van der Waals surface area contributed by atoms with Gasteiger partial charge in [0.15, 0.2) is 5.82 Å². The summed E-state index contributed by atoms with van der Waals surface area (Å²) in [5.41, 5.74) is 1.39. The molecule has 4 rings (SSSR count). The Hall–Kier alpha value is -3.23. The summed E-state index contributed by atoms with van der Waals surface area (Å²) in [6.45, 7) is 1.81. The molecule has 3 heterocycles. The Kier molecular flexibility index (Phi) is 3.53. The van der Waals surface area contributed by atoms with E-state index in [4.69, 9.17) is 0 Å². The average Bonchev–Trinajstić information content (AvgIpc) is 3.17. The van der Waals surface area contributed by atoms with Gasteiger partial charge in [0.05, 0.1) is 34.1 Å². The molecule has 132 valence electrons. The number of hydrogen-bond donors (Lipinski definition) is 0. The van der Waals surface area contributed by atoms with Crippen LogP contribution in [0.4, 0.5) is 13.2 Å². The molecule has 0 atom stereocenters. The zero-order chi connectivity index (χ0) is 18.5. The minimum atomic E-state index is -4.43. The van der Waals surface area contributed by atoms with Gasteiger partial charge in [-0.05, 0) is 37.3 Å². The maximum Gasteiger partial charge on any atom is 0.416 e. The largest absolute Gasteiger partial charge is 0.416 e. The Morgan fingerprint density at radius 3 is 2.46 bits per heavy atom. The second kappa shape index (κ2) is 5.65. The van der Waals surface area contributed by atoms with Gasteiger partial charge in [-0.3, -0.25) is 9.25 Å². The molecule has 0 aliphatic rings. The van der Waals surface area contributed by atoms with Gasteiger partial charge in [-0.1, -0.05) is 0 Å². The molecule has 0 unspecified atom stereocenters. The molecule has 0 saturated carbocycles. The number of alkyl halides is 3. The predicted octanol–water partition coefficient (Wildman–Crippen LogP) is 3.54. The zero-order valence-electron chi connectivity index (χ0n) is 13.9. The number of rotatable bonds is 2. The van der Waals surface area contributed by atoms with Crippen LogP contribution in [-0.4, -0.2) is 29.5 Å². The number of imidazole rings is 1. The highest BCUT2D eigenvalue weighted by molar-refractivity contribution is 5.83. The van der Waals surface area contributed by atoms with Crippen molar-refractivity contribution in [3.63, 3.8) is 0 Å². The van der Waals surface area contributed by atoms with Crippen LogP contribution in [0.1, 0.15) is 11.3 Å². The van der Waals surface area contributed by atoms with Crippen molar-refractivity contribution in [1.82, 2.24) is 29.5 Å². The van der Waals surface area contributed by atoms with E-state index in [0.29, 0.717) is 22.7 Å². The smallest absolute Gasteiger partial charge is 0.275 e. The molecule has 9 heteroatoms. The first-order valence-electron chi connectivity index (χ1n) is 7.72. The van der Waals surface area contributed by atoms with Crippen molar-refractivity contribution in [3.05, 3.63) is 54.0 Å². The molecule has 0 saturated heterocycles. The number of nitrogens with zero attached hydrogens (tertiary/aromatic N) is 6. The quantitative estimate of drug-likeness (QED) is 0.550. The van der Waals surface area contributed by atoms with Crippen molar-refractivity contribution in [1.29, 1.82) is 0 Å². The van der Waals surface area contributed by atoms with E-state index in [0.717, 1.165) is 17.8 Å². The van der Waals surface area contributed by atoms with Crippen LogP contribution in [0.2, 0.25) is 0 Å². The fraction of sp³-hybridized carbons (Fsp3) is 0.176. The summed E-state index contributed by atoms with van der Waals surface area (Å²) >= 11 is 0. The van der Waals surface area contributed by atoms with E-state index < -0.39 is 11.7 Å². The van der Waals surface area contributed by atoms with E-state index in [1.54, 1.807) is 47.7 Å². The van der Waals surface area contributed by atoms with E-state index in [1.807, 2.05) is 0 Å². The van der Waals surface area contributed by atoms with Crippen molar-refractivity contribution in [2.45, 2.75) is 13.1 Å². The first-order chi connectivity index (χ1) is 12.3. The van der Waals surface area contributed by atoms with Crippen LogP contribution in [-0.2, 0) is 13.2 Å². The van der Waals surface area contributed by atoms with Gasteiger partial charge in [0.2, 0.25) is 0 Å². The summed E-state index contributed by atoms with van der Waals surface area (Å²) in [7, 11) is 1.75. The molecule has 26 heavy (non-hydrogen) atoms. The molecule has 0 spiro atoms. The van der Waals surface area contributed by atoms with E-state index >= 15 is 0 Å². The molecule has 0 aliphatic heterocycles. The zero-order valence-corrected chi connectivity index (χ0v) is 13.9. The van der Waals surface area contributed by atoms with Gasteiger partial charge in [-0.2, -0.15) is 23.4 Å². The summed E-state index contributed by atoms with van der Waals surface area (Å²) in [6.07, 6.45) is -1.09. The fourth-order valence-electron chi connectivity index (χ4n) is 2.73. The number of fused-ring (bicyclic) bond motifs is 1. The first-order valence-corrected chi connectivity index (χ1v) is 7.72. The number of aromatic nitrogens is 6. The maximum atomic E-state index is 13.0. The lowest BCUT2D eigenvalue weighted by Gasteiger charge is -2.08. The van der Waals surface area contributed by atoms with Crippen molar-refractivity contribution in [3.8, 4) is 17.2 Å². The number of benzene rings is 1. The third kappa shape index (κ3) is 2.71. The Bertz CT molecular complexity index is 1090. The maximum absolute atomic E-state index is 13.0. The predicted molar refractivity (Wildman–Crippen MR) is 88.6 cm³/mol. The lowest BCUT2D eigenvalue weighted by molar-refractivity contribution is -0.137. The lowest BCUT2D eigenvalue weighted by atomic mass is 10.2. The van der Waals surface area contributed by atoms with E-state index in [-0.39, 0.29) is 5.52 Å². The molecule has 0 bridgehead atoms. The molecule has 4 aromatic rings. The summed E-state index contributed by atoms with van der Waals surface area (Å²) in [5, 5.41) is 12.3. The SMILES string of the molecule is Cc1ccc(-n2c(-c3cnn(C)c3)nc3cc(C(F)(F)F)ccc32)nn1. The van der Waals surface area contributed by atoms with Crippen molar-refractivity contribution < 1.29 is 13.2 Å². The van der Waals surface area contributed by atoms with Crippen LogP contribution < -0.4 is 0 Å². The minimum absolute atomic E-state index is 0.223. The average molecular weight is 358 g/mol. The molecule has 6 nitrogen and oxygen atoms in total. The van der Waals surface area contributed by atoms with Crippen molar-refractivity contribution in [2.75, 3.05) is 0 Å². The molecular weight excluding hydrogens is 345 g/mol. The topological polar surface area (TPSA) is 61.4 Å². The molecule has 1 aromatic carbocycles. The third-order valence-corrected chi connectivity index (χ3v) is 3.96. The van der Waals surface area contributed by atoms with Crippen molar-refractivity contribution in [2.24, 2.45) is 7.05 Å². The highest BCUT2D eigenvalue weighted by Crippen LogP contribution is 2.33. The first kappa shape index (κ1) is 16.2. The van der Waals surface area contributed by atoms with Crippen LogP contribution in [0, 0.1) is 6.92 Å². The number of halogens is 3. The molecule has 0 amide bonds. The van der Waals surface area contributed by atoms with Crippen LogP contribution in [0.5, 0.6) is 0 Å². The molecule has 0 radical (unpaired) electrons. The van der Waals surface area contributed by atoms with Crippen LogP contribution >= 0.6 is 0 Å². The van der Waals surface area contributed by atoms with Gasteiger partial charge in [0, 0.05) is 13.2 Å². The van der Waals surface area contributed by atoms with Crippen LogP contribution in [0.15, 0.2) is 42.7 Å². The monoisotopic (exact) mass is 358 g/mol. The standard InChI is InChI=1S/C17H13F3N6/c1-10-3-6-15(24-23-10)26-14-5-4-12(17(18,19)20)7-13(14)22-16(26)11-8-21-25(2)9-11/h3-9H,1-2H3. The van der Waals surface area contributed by atoms with Gasteiger partial charge in [-0.15, -0.1) is 5.10 Å². The summed E-state index contributed by atoms with van der Waals surface area (Å²) in [6, 6.07) is 7.00. The van der Waals surface area contributed by atoms with Gasteiger partial charge in [0.1, 0.15) is 5.82 Å². The van der Waals surface area contributed by atoms with Crippen molar-refractivity contribution >= 4 is 11.0 Å². The highest BCUT2D eigenvalue weighted by Gasteiger charge is 2.31. The van der Waals surface area contributed by atoms with Gasteiger partial charge >= 0.3 is 6.18 Å². The van der Waals surface area contributed by atoms with Gasteiger partial charge in [0.25, 0.3) is 0 Å². The Morgan fingerprint density at radius 1 is 1.04 bits per heavy atom. The normalized spacial score (nSPS) is 12.0. The van der Waals surface area contributed by atoms with E-state index in [9.17, 15) is 13.2 Å². The number of hydrogen-bond acceptors (Lipinski definition) is 4. The van der Waals surface area contributed by atoms with E-state index in [2.05, 4.69) is 20.3 Å². The van der Waals surface area contributed by atoms with E-state index in [1.165, 1.54) is 6.07 Å². The fourth-order valence-corrected chi connectivity index (χ4v) is 2.73. The second-order valence-electron chi connectivity index (χ2n) is 5.91. The Balaban J connectivity index is 2.01. The lowest BCUT2D eigenvalue weighted by Crippen LogP contribution is -2.05. The second-order valence-corrected chi connectivity index (χ2v) is 5.91.